The molecule has 1 fully saturated rings. The van der Waals surface area contributed by atoms with E-state index < -0.39 is 38.3 Å². The molecule has 0 N–H and O–H groups in total. The van der Waals surface area contributed by atoms with Crippen LogP contribution in [-0.4, -0.2) is 50.7 Å². The molecule has 1 atom stereocenters. The van der Waals surface area contributed by atoms with Crippen LogP contribution in [0.15, 0.2) is 17.0 Å². The Morgan fingerprint density at radius 3 is 2.48 bits per heavy atom. The molecule has 0 aliphatic carbocycles. The number of halogens is 3. The Labute approximate surface area is 132 Å². The van der Waals surface area contributed by atoms with E-state index in [0.29, 0.717) is 25.0 Å². The lowest BCUT2D eigenvalue weighted by molar-refractivity contribution is -0.134. The van der Waals surface area contributed by atoms with E-state index in [2.05, 4.69) is 0 Å². The van der Waals surface area contributed by atoms with Gasteiger partial charge in [0.25, 0.3) is 0 Å². The second kappa shape index (κ2) is 6.48. The smallest absolute Gasteiger partial charge is 0.246 e. The zero-order chi connectivity index (χ0) is 17.4. The summed E-state index contributed by atoms with van der Waals surface area (Å²) >= 11 is 0. The van der Waals surface area contributed by atoms with Gasteiger partial charge in [-0.3, -0.25) is 4.79 Å². The molecule has 1 saturated heterocycles. The molecule has 1 aliphatic heterocycles. The van der Waals surface area contributed by atoms with E-state index >= 15 is 0 Å². The van der Waals surface area contributed by atoms with Gasteiger partial charge >= 0.3 is 0 Å². The quantitative estimate of drug-likeness (QED) is 0.778. The van der Waals surface area contributed by atoms with Crippen molar-refractivity contribution in [2.45, 2.75) is 17.7 Å². The van der Waals surface area contributed by atoms with Crippen LogP contribution in [0.3, 0.4) is 0 Å². The van der Waals surface area contributed by atoms with Crippen molar-refractivity contribution in [2.75, 3.05) is 27.2 Å². The maximum absolute atomic E-state index is 13.8. The van der Waals surface area contributed by atoms with Crippen molar-refractivity contribution in [1.82, 2.24) is 9.21 Å². The molecule has 0 saturated carbocycles. The highest BCUT2D eigenvalue weighted by atomic mass is 32.2. The summed E-state index contributed by atoms with van der Waals surface area (Å²) in [6, 6.07) is 1.26. The van der Waals surface area contributed by atoms with Crippen LogP contribution in [-0.2, 0) is 14.8 Å². The fraction of sp³-hybridized carbons (Fsp3) is 0.500. The van der Waals surface area contributed by atoms with Crippen molar-refractivity contribution in [3.8, 4) is 0 Å². The van der Waals surface area contributed by atoms with Crippen LogP contribution in [0, 0.1) is 23.4 Å². The molecule has 1 heterocycles. The first-order valence-electron chi connectivity index (χ1n) is 7.01. The van der Waals surface area contributed by atoms with E-state index in [0.717, 1.165) is 4.31 Å². The summed E-state index contributed by atoms with van der Waals surface area (Å²) in [6.07, 6.45) is 0.943. The van der Waals surface area contributed by atoms with Crippen LogP contribution >= 0.6 is 0 Å². The summed E-state index contributed by atoms with van der Waals surface area (Å²) in [5.74, 6) is -5.80. The predicted molar refractivity (Wildman–Crippen MR) is 76.5 cm³/mol. The Kier molecular flexibility index (Phi) is 5.00. The summed E-state index contributed by atoms with van der Waals surface area (Å²) in [5.41, 5.74) is 0. The minimum Gasteiger partial charge on any atom is -0.349 e. The lowest BCUT2D eigenvalue weighted by atomic mass is 9.98. The first-order valence-corrected chi connectivity index (χ1v) is 8.45. The lowest BCUT2D eigenvalue weighted by Gasteiger charge is -2.32. The van der Waals surface area contributed by atoms with Crippen LogP contribution in [0.4, 0.5) is 13.2 Å². The van der Waals surface area contributed by atoms with E-state index in [1.165, 1.54) is 4.90 Å². The van der Waals surface area contributed by atoms with Crippen molar-refractivity contribution < 1.29 is 26.4 Å². The Balaban J connectivity index is 2.33. The molecular formula is C14H17F3N2O3S. The summed E-state index contributed by atoms with van der Waals surface area (Å²) in [5, 5.41) is 0. The number of benzene rings is 1. The number of carbonyl (C=O) groups excluding carboxylic acids is 1. The largest absolute Gasteiger partial charge is 0.349 e. The zero-order valence-electron chi connectivity index (χ0n) is 12.7. The minimum absolute atomic E-state index is 0.0952. The molecule has 1 unspecified atom stereocenters. The number of carbonyl (C=O) groups is 1. The Bertz CT molecular complexity index is 722. The first-order chi connectivity index (χ1) is 10.7. The molecule has 2 rings (SSSR count). The van der Waals surface area contributed by atoms with E-state index in [9.17, 15) is 26.4 Å². The van der Waals surface area contributed by atoms with Crippen molar-refractivity contribution in [2.24, 2.45) is 5.92 Å². The van der Waals surface area contributed by atoms with E-state index in [4.69, 9.17) is 0 Å². The maximum atomic E-state index is 13.8. The van der Waals surface area contributed by atoms with E-state index in [-0.39, 0.29) is 19.0 Å². The van der Waals surface area contributed by atoms with Gasteiger partial charge in [-0.2, -0.15) is 4.31 Å². The topological polar surface area (TPSA) is 57.7 Å². The Morgan fingerprint density at radius 1 is 1.22 bits per heavy atom. The molecule has 128 valence electrons. The van der Waals surface area contributed by atoms with Gasteiger partial charge in [0, 0.05) is 27.2 Å². The normalized spacial score (nSPS) is 19.6. The van der Waals surface area contributed by atoms with E-state index in [1.807, 2.05) is 0 Å². The van der Waals surface area contributed by atoms with Gasteiger partial charge in [-0.15, -0.1) is 0 Å². The standard InChI is InChI=1S/C14H17F3N2O3S/c1-18(2)14(20)9-4-3-7-19(8-9)23(21,22)11-6-5-10(15)12(16)13(11)17/h5-6,9H,3-4,7-8H2,1-2H3. The van der Waals surface area contributed by atoms with Gasteiger partial charge in [0.1, 0.15) is 4.90 Å². The number of rotatable bonds is 3. The highest BCUT2D eigenvalue weighted by Crippen LogP contribution is 2.27. The number of piperidine rings is 1. The molecule has 0 spiro atoms. The summed E-state index contributed by atoms with van der Waals surface area (Å²) in [6.45, 7) is -0.0181. The van der Waals surface area contributed by atoms with Gasteiger partial charge in [-0.05, 0) is 25.0 Å². The second-order valence-corrected chi connectivity index (χ2v) is 7.51. The average molecular weight is 350 g/mol. The fourth-order valence-corrected chi connectivity index (χ4v) is 4.15. The van der Waals surface area contributed by atoms with Crippen LogP contribution in [0.25, 0.3) is 0 Å². The number of hydrogen-bond acceptors (Lipinski definition) is 3. The van der Waals surface area contributed by atoms with Gasteiger partial charge in [0.05, 0.1) is 5.92 Å². The lowest BCUT2D eigenvalue weighted by Crippen LogP contribution is -2.45. The van der Waals surface area contributed by atoms with Crippen LogP contribution in [0.2, 0.25) is 0 Å². The van der Waals surface area contributed by atoms with E-state index in [1.54, 1.807) is 14.1 Å². The molecule has 1 aliphatic rings. The molecule has 23 heavy (non-hydrogen) atoms. The SMILES string of the molecule is CN(C)C(=O)C1CCCN(S(=O)(=O)c2ccc(F)c(F)c2F)C1. The average Bonchev–Trinajstić information content (AvgIpc) is 2.51. The molecule has 9 heteroatoms. The monoisotopic (exact) mass is 350 g/mol. The molecule has 1 amide bonds. The molecular weight excluding hydrogens is 333 g/mol. The first kappa shape index (κ1) is 17.7. The minimum atomic E-state index is -4.34. The maximum Gasteiger partial charge on any atom is 0.246 e. The Hall–Kier alpha value is -1.61. The number of hydrogen-bond donors (Lipinski definition) is 0. The summed E-state index contributed by atoms with van der Waals surface area (Å²) in [4.78, 5) is 12.4. The number of nitrogens with zero attached hydrogens (tertiary/aromatic N) is 2. The number of sulfonamides is 1. The van der Waals surface area contributed by atoms with Gasteiger partial charge in [0.2, 0.25) is 15.9 Å². The molecule has 0 aromatic heterocycles. The van der Waals surface area contributed by atoms with Gasteiger partial charge < -0.3 is 4.90 Å². The molecule has 5 nitrogen and oxygen atoms in total. The third-order valence-corrected chi connectivity index (χ3v) is 5.67. The summed E-state index contributed by atoms with van der Waals surface area (Å²) in [7, 11) is -1.22. The molecule has 1 aromatic carbocycles. The van der Waals surface area contributed by atoms with Crippen LogP contribution in [0.1, 0.15) is 12.8 Å². The number of amides is 1. The second-order valence-electron chi connectivity index (χ2n) is 5.61. The third-order valence-electron chi connectivity index (χ3n) is 3.79. The highest BCUT2D eigenvalue weighted by Gasteiger charge is 2.36. The zero-order valence-corrected chi connectivity index (χ0v) is 13.5. The fourth-order valence-electron chi connectivity index (χ4n) is 2.57. The molecule has 0 bridgehead atoms. The van der Waals surface area contributed by atoms with Crippen molar-refractivity contribution >= 4 is 15.9 Å². The van der Waals surface area contributed by atoms with Gasteiger partial charge in [-0.1, -0.05) is 0 Å². The van der Waals surface area contributed by atoms with Crippen LogP contribution in [0.5, 0.6) is 0 Å². The Morgan fingerprint density at radius 2 is 1.87 bits per heavy atom. The van der Waals surface area contributed by atoms with Gasteiger partial charge in [0.15, 0.2) is 17.5 Å². The van der Waals surface area contributed by atoms with Crippen molar-refractivity contribution in [3.05, 3.63) is 29.6 Å². The summed E-state index contributed by atoms with van der Waals surface area (Å²) < 4.78 is 66.0. The van der Waals surface area contributed by atoms with Crippen molar-refractivity contribution in [3.63, 3.8) is 0 Å². The van der Waals surface area contributed by atoms with Gasteiger partial charge in [-0.25, -0.2) is 21.6 Å². The molecule has 0 radical (unpaired) electrons. The van der Waals surface area contributed by atoms with Crippen molar-refractivity contribution in [1.29, 1.82) is 0 Å². The highest BCUT2D eigenvalue weighted by molar-refractivity contribution is 7.89. The predicted octanol–water partition coefficient (Wildman–Crippen LogP) is 1.59. The molecule has 1 aromatic rings. The van der Waals surface area contributed by atoms with Crippen LogP contribution < -0.4 is 0 Å². The third kappa shape index (κ3) is 3.35.